The second kappa shape index (κ2) is 8.06. The number of thioether (sulfide) groups is 1. The fraction of sp³-hybridized carbons (Fsp3) is 0.647. The summed E-state index contributed by atoms with van der Waals surface area (Å²) < 4.78 is -0.270. The highest BCUT2D eigenvalue weighted by Gasteiger charge is 2.37. The monoisotopic (exact) mass is 296 g/mol. The highest BCUT2D eigenvalue weighted by molar-refractivity contribution is 8.00. The Morgan fingerprint density at radius 2 is 1.75 bits per heavy atom. The molecule has 3 heteroatoms. The van der Waals surface area contributed by atoms with Gasteiger partial charge in [0.15, 0.2) is 0 Å². The summed E-state index contributed by atoms with van der Waals surface area (Å²) in [5, 5.41) is 20.0. The van der Waals surface area contributed by atoms with Gasteiger partial charge in [0.1, 0.15) is 0 Å². The van der Waals surface area contributed by atoms with Gasteiger partial charge >= 0.3 is 0 Å². The first kappa shape index (κ1) is 17.5. The lowest BCUT2D eigenvalue weighted by Crippen LogP contribution is -2.42. The maximum absolute atomic E-state index is 10.6. The molecule has 2 N–H and O–H groups in total. The summed E-state index contributed by atoms with van der Waals surface area (Å²) in [4.78, 5) is 1.17. The summed E-state index contributed by atoms with van der Waals surface area (Å²) in [5.74, 6) is 0.505. The zero-order valence-electron chi connectivity index (χ0n) is 13.0. The van der Waals surface area contributed by atoms with Crippen LogP contribution in [0.2, 0.25) is 0 Å². The fourth-order valence-electron chi connectivity index (χ4n) is 2.29. The minimum Gasteiger partial charge on any atom is -0.396 e. The molecular formula is C17H28O2S. The molecule has 0 heterocycles. The fourth-order valence-corrected chi connectivity index (χ4v) is 3.70. The Hall–Kier alpha value is -0.510. The van der Waals surface area contributed by atoms with Crippen LogP contribution in [0, 0.1) is 11.8 Å². The molecule has 1 aromatic carbocycles. The molecule has 0 aliphatic heterocycles. The van der Waals surface area contributed by atoms with E-state index in [9.17, 15) is 10.2 Å². The SMILES string of the molecule is CC(C)CC[C@@](C)(Sc1ccccc1)[C@@H](O)[C@@H](C)CO. The average Bonchev–Trinajstić information content (AvgIpc) is 2.44. The summed E-state index contributed by atoms with van der Waals surface area (Å²) in [7, 11) is 0. The molecule has 0 amide bonds. The van der Waals surface area contributed by atoms with E-state index in [0.29, 0.717) is 5.92 Å². The van der Waals surface area contributed by atoms with Crippen molar-refractivity contribution in [2.75, 3.05) is 6.61 Å². The van der Waals surface area contributed by atoms with Crippen molar-refractivity contribution in [3.05, 3.63) is 30.3 Å². The van der Waals surface area contributed by atoms with E-state index in [-0.39, 0.29) is 17.3 Å². The topological polar surface area (TPSA) is 40.5 Å². The van der Waals surface area contributed by atoms with Crippen LogP contribution in [-0.2, 0) is 0 Å². The molecule has 0 radical (unpaired) electrons. The number of aliphatic hydroxyl groups excluding tert-OH is 2. The first-order valence-corrected chi connectivity index (χ1v) is 8.23. The molecule has 1 rings (SSSR count). The number of hydrogen-bond donors (Lipinski definition) is 2. The first-order chi connectivity index (χ1) is 9.39. The Morgan fingerprint density at radius 3 is 2.25 bits per heavy atom. The van der Waals surface area contributed by atoms with E-state index < -0.39 is 6.10 Å². The summed E-state index contributed by atoms with van der Waals surface area (Å²) >= 11 is 1.72. The summed E-state index contributed by atoms with van der Waals surface area (Å²) in [5.41, 5.74) is 0. The minimum absolute atomic E-state index is 0.0216. The van der Waals surface area contributed by atoms with Crippen molar-refractivity contribution in [2.45, 2.75) is 56.3 Å². The molecule has 114 valence electrons. The summed E-state index contributed by atoms with van der Waals surface area (Å²) in [6.45, 7) is 8.45. The highest BCUT2D eigenvalue weighted by atomic mass is 32.2. The van der Waals surface area contributed by atoms with Crippen molar-refractivity contribution >= 4 is 11.8 Å². The standard InChI is InChI=1S/C17H28O2S/c1-13(2)10-11-17(4,16(19)14(3)12-18)20-15-8-6-5-7-9-15/h5-9,13-14,16,18-19H,10-12H2,1-4H3/t14-,16-,17+/m0/s1. The van der Waals surface area contributed by atoms with Crippen molar-refractivity contribution < 1.29 is 10.2 Å². The molecule has 3 atom stereocenters. The Morgan fingerprint density at radius 1 is 1.15 bits per heavy atom. The van der Waals surface area contributed by atoms with Gasteiger partial charge in [-0.3, -0.25) is 0 Å². The molecule has 2 nitrogen and oxygen atoms in total. The van der Waals surface area contributed by atoms with E-state index >= 15 is 0 Å². The molecule has 0 bridgehead atoms. The zero-order chi connectivity index (χ0) is 15.2. The molecule has 0 aliphatic carbocycles. The second-order valence-corrected chi connectivity index (χ2v) is 7.87. The van der Waals surface area contributed by atoms with Gasteiger partial charge in [-0.05, 0) is 37.8 Å². The van der Waals surface area contributed by atoms with E-state index in [0.717, 1.165) is 12.8 Å². The number of rotatable bonds is 8. The van der Waals surface area contributed by atoms with Crippen molar-refractivity contribution in [3.63, 3.8) is 0 Å². The van der Waals surface area contributed by atoms with E-state index in [1.165, 1.54) is 4.90 Å². The van der Waals surface area contributed by atoms with E-state index in [1.807, 2.05) is 25.1 Å². The third-order valence-corrected chi connectivity index (χ3v) is 5.18. The van der Waals surface area contributed by atoms with E-state index in [1.54, 1.807) is 11.8 Å². The summed E-state index contributed by atoms with van der Waals surface area (Å²) in [6.07, 6.45) is 1.50. The molecule has 0 aliphatic rings. The third kappa shape index (κ3) is 5.12. The molecule has 0 aromatic heterocycles. The smallest absolute Gasteiger partial charge is 0.0734 e. The van der Waals surface area contributed by atoms with Gasteiger partial charge in [0.05, 0.1) is 6.10 Å². The van der Waals surface area contributed by atoms with E-state index in [4.69, 9.17) is 0 Å². The predicted molar refractivity (Wildman–Crippen MR) is 87.0 cm³/mol. The number of benzene rings is 1. The minimum atomic E-state index is -0.517. The van der Waals surface area contributed by atoms with Gasteiger partial charge in [0.2, 0.25) is 0 Å². The van der Waals surface area contributed by atoms with Crippen molar-refractivity contribution in [3.8, 4) is 0 Å². The molecule has 20 heavy (non-hydrogen) atoms. The lowest BCUT2D eigenvalue weighted by atomic mass is 9.87. The van der Waals surface area contributed by atoms with Crippen molar-refractivity contribution in [2.24, 2.45) is 11.8 Å². The molecule has 0 unspecified atom stereocenters. The molecule has 0 fully saturated rings. The third-order valence-electron chi connectivity index (χ3n) is 3.76. The maximum atomic E-state index is 10.6. The highest BCUT2D eigenvalue weighted by Crippen LogP contribution is 2.41. The van der Waals surface area contributed by atoms with Gasteiger partial charge in [-0.1, -0.05) is 39.0 Å². The van der Waals surface area contributed by atoms with Gasteiger partial charge in [0.25, 0.3) is 0 Å². The van der Waals surface area contributed by atoms with Crippen LogP contribution < -0.4 is 0 Å². The van der Waals surface area contributed by atoms with Gasteiger partial charge < -0.3 is 10.2 Å². The lowest BCUT2D eigenvalue weighted by molar-refractivity contribution is 0.0461. The van der Waals surface area contributed by atoms with Gasteiger partial charge in [-0.25, -0.2) is 0 Å². The van der Waals surface area contributed by atoms with Crippen LogP contribution in [0.15, 0.2) is 35.2 Å². The Kier molecular flexibility index (Phi) is 7.07. The number of hydrogen-bond acceptors (Lipinski definition) is 3. The Balaban J connectivity index is 2.88. The van der Waals surface area contributed by atoms with Crippen LogP contribution in [0.5, 0.6) is 0 Å². The summed E-state index contributed by atoms with van der Waals surface area (Å²) in [6, 6.07) is 10.2. The molecule has 0 saturated carbocycles. The molecule has 1 aromatic rings. The van der Waals surface area contributed by atoms with Gasteiger partial charge in [-0.2, -0.15) is 0 Å². The number of aliphatic hydroxyl groups is 2. The maximum Gasteiger partial charge on any atom is 0.0734 e. The molecule has 0 saturated heterocycles. The average molecular weight is 296 g/mol. The van der Waals surface area contributed by atoms with Crippen LogP contribution >= 0.6 is 11.8 Å². The molecular weight excluding hydrogens is 268 g/mol. The van der Waals surface area contributed by atoms with Crippen LogP contribution in [0.4, 0.5) is 0 Å². The van der Waals surface area contributed by atoms with Gasteiger partial charge in [0, 0.05) is 22.2 Å². The second-order valence-electron chi connectivity index (χ2n) is 6.26. The van der Waals surface area contributed by atoms with Crippen LogP contribution in [0.25, 0.3) is 0 Å². The van der Waals surface area contributed by atoms with E-state index in [2.05, 4.69) is 32.9 Å². The lowest BCUT2D eigenvalue weighted by Gasteiger charge is -2.37. The van der Waals surface area contributed by atoms with Crippen LogP contribution in [-0.4, -0.2) is 27.7 Å². The van der Waals surface area contributed by atoms with Crippen molar-refractivity contribution in [1.29, 1.82) is 0 Å². The Labute approximate surface area is 127 Å². The normalized spacial score (nSPS) is 17.8. The van der Waals surface area contributed by atoms with Gasteiger partial charge in [-0.15, -0.1) is 11.8 Å². The quantitative estimate of drug-likeness (QED) is 0.713. The largest absolute Gasteiger partial charge is 0.396 e. The zero-order valence-corrected chi connectivity index (χ0v) is 13.9. The van der Waals surface area contributed by atoms with Crippen LogP contribution in [0.1, 0.15) is 40.5 Å². The Bertz CT molecular complexity index is 380. The predicted octanol–water partition coefficient (Wildman–Crippen LogP) is 3.96. The van der Waals surface area contributed by atoms with Crippen LogP contribution in [0.3, 0.4) is 0 Å². The molecule has 0 spiro atoms. The van der Waals surface area contributed by atoms with Crippen molar-refractivity contribution in [1.82, 2.24) is 0 Å². The first-order valence-electron chi connectivity index (χ1n) is 7.42.